The maximum atomic E-state index is 12.7. The first kappa shape index (κ1) is 18.3. The molecule has 1 amide bonds. The van der Waals surface area contributed by atoms with Crippen LogP contribution >= 0.6 is 11.8 Å². The fourth-order valence-electron chi connectivity index (χ4n) is 4.15. The van der Waals surface area contributed by atoms with Gasteiger partial charge in [-0.05, 0) is 50.5 Å². The molecule has 142 valence electrons. The highest BCUT2D eigenvalue weighted by Gasteiger charge is 2.26. The first-order valence-electron chi connectivity index (χ1n) is 9.56. The van der Waals surface area contributed by atoms with Crippen LogP contribution in [0.2, 0.25) is 0 Å². The maximum absolute atomic E-state index is 12.7. The smallest absolute Gasteiger partial charge is 0.231 e. The topological polar surface area (TPSA) is 55.2 Å². The Balaban J connectivity index is 1.50. The van der Waals surface area contributed by atoms with Crippen molar-refractivity contribution in [1.29, 1.82) is 0 Å². The van der Waals surface area contributed by atoms with Gasteiger partial charge in [0.15, 0.2) is 10.9 Å². The number of Topliss-reactive ketones (excluding diaryl/α,β-unsaturated/α-hetero) is 1. The van der Waals surface area contributed by atoms with Gasteiger partial charge in [0.25, 0.3) is 0 Å². The monoisotopic (exact) mass is 383 g/mol. The van der Waals surface area contributed by atoms with E-state index in [0.717, 1.165) is 22.1 Å². The predicted molar refractivity (Wildman–Crippen MR) is 108 cm³/mol. The molecule has 1 saturated carbocycles. The van der Waals surface area contributed by atoms with Gasteiger partial charge in [-0.2, -0.15) is 0 Å². The molecule has 0 atom stereocenters. The predicted octanol–water partition coefficient (Wildman–Crippen LogP) is 4.11. The summed E-state index contributed by atoms with van der Waals surface area (Å²) in [7, 11) is 1.78. The van der Waals surface area contributed by atoms with Gasteiger partial charge in [-0.15, -0.1) is 0 Å². The summed E-state index contributed by atoms with van der Waals surface area (Å²) < 4.78 is 2.34. The van der Waals surface area contributed by atoms with Crippen LogP contribution in [0.15, 0.2) is 23.4 Å². The van der Waals surface area contributed by atoms with Crippen molar-refractivity contribution in [3.63, 3.8) is 0 Å². The molecule has 2 aliphatic rings. The molecule has 0 unspecified atom stereocenters. The van der Waals surface area contributed by atoms with Crippen LogP contribution in [0, 0.1) is 13.8 Å². The van der Waals surface area contributed by atoms with Gasteiger partial charge in [0.2, 0.25) is 5.91 Å². The lowest BCUT2D eigenvalue weighted by atomic mass is 10.1. The average Bonchev–Trinajstić information content (AvgIpc) is 3.34. The van der Waals surface area contributed by atoms with Gasteiger partial charge in [-0.3, -0.25) is 9.59 Å². The molecule has 0 radical (unpaired) electrons. The Kier molecular flexibility index (Phi) is 4.84. The van der Waals surface area contributed by atoms with E-state index >= 15 is 0 Å². The van der Waals surface area contributed by atoms with E-state index in [1.807, 2.05) is 25.1 Å². The fraction of sp³-hybridized carbons (Fsp3) is 0.476. The zero-order valence-corrected chi connectivity index (χ0v) is 16.9. The average molecular weight is 384 g/mol. The minimum atomic E-state index is 0.0773. The number of aromatic nitrogens is 2. The molecule has 0 N–H and O–H groups in total. The Hall–Kier alpha value is -2.08. The molecule has 5 nitrogen and oxygen atoms in total. The number of carbonyl (C=O) groups is 2. The Bertz CT molecular complexity index is 912. The third-order valence-corrected chi connectivity index (χ3v) is 6.81. The van der Waals surface area contributed by atoms with Gasteiger partial charge >= 0.3 is 0 Å². The number of likely N-dealkylation sites (N-methyl/N-ethyl adjacent to an activating group) is 1. The van der Waals surface area contributed by atoms with Crippen molar-refractivity contribution in [3.05, 3.63) is 40.7 Å². The summed E-state index contributed by atoms with van der Waals surface area (Å²) in [4.78, 5) is 31.0. The van der Waals surface area contributed by atoms with Gasteiger partial charge in [-0.25, -0.2) is 4.98 Å². The van der Waals surface area contributed by atoms with Crippen LogP contribution in [0.3, 0.4) is 0 Å². The van der Waals surface area contributed by atoms with E-state index in [2.05, 4.69) is 11.5 Å². The van der Waals surface area contributed by atoms with Crippen molar-refractivity contribution >= 4 is 29.1 Å². The van der Waals surface area contributed by atoms with E-state index in [1.165, 1.54) is 43.1 Å². The second kappa shape index (κ2) is 7.15. The molecule has 1 fully saturated rings. The van der Waals surface area contributed by atoms with Gasteiger partial charge in [-0.1, -0.05) is 24.6 Å². The molecular formula is C21H25N3O2S. The minimum Gasteiger partial charge on any atom is -0.320 e. The number of benzene rings is 1. The minimum absolute atomic E-state index is 0.0773. The molecule has 2 aromatic rings. The van der Waals surface area contributed by atoms with Crippen LogP contribution in [0.4, 0.5) is 5.69 Å². The number of aryl methyl sites for hydroxylation is 1. The summed E-state index contributed by atoms with van der Waals surface area (Å²) in [5.41, 5.74) is 4.80. The Labute approximate surface area is 164 Å². The molecule has 6 heteroatoms. The molecule has 0 spiro atoms. The summed E-state index contributed by atoms with van der Waals surface area (Å²) >= 11 is 1.53. The first-order chi connectivity index (χ1) is 13.0. The molecule has 0 bridgehead atoms. The molecule has 4 rings (SSSR count). The number of fused-ring (bicyclic) bond motifs is 1. The number of hydrogen-bond donors (Lipinski definition) is 0. The summed E-state index contributed by atoms with van der Waals surface area (Å²) in [6.45, 7) is 4.17. The number of ketones is 1. The van der Waals surface area contributed by atoms with Crippen molar-refractivity contribution in [2.24, 2.45) is 0 Å². The van der Waals surface area contributed by atoms with Crippen molar-refractivity contribution in [2.75, 3.05) is 17.7 Å². The summed E-state index contributed by atoms with van der Waals surface area (Å²) in [6.07, 6.45) is 5.32. The van der Waals surface area contributed by atoms with Crippen LogP contribution in [0.1, 0.15) is 59.0 Å². The number of carbonyl (C=O) groups excluding carboxylic acids is 2. The number of imidazole rings is 1. The van der Waals surface area contributed by atoms with Gasteiger partial charge in [0, 0.05) is 30.0 Å². The lowest BCUT2D eigenvalue weighted by Gasteiger charge is -2.16. The molecule has 1 aromatic carbocycles. The third kappa shape index (κ3) is 3.31. The van der Waals surface area contributed by atoms with E-state index < -0.39 is 0 Å². The van der Waals surface area contributed by atoms with E-state index in [-0.39, 0.29) is 11.7 Å². The standard InChI is InChI=1S/C21H25N3O2S/c1-13-14(2)24(17-6-4-5-7-17)21(22-13)27-12-19(25)15-8-9-18-16(10-15)11-20(26)23(18)3/h8-10,17H,4-7,11-12H2,1-3H3. The Morgan fingerprint density at radius 3 is 2.74 bits per heavy atom. The molecule has 2 heterocycles. The highest BCUT2D eigenvalue weighted by atomic mass is 32.2. The number of rotatable bonds is 5. The number of anilines is 1. The van der Waals surface area contributed by atoms with E-state index in [9.17, 15) is 9.59 Å². The highest BCUT2D eigenvalue weighted by molar-refractivity contribution is 7.99. The highest BCUT2D eigenvalue weighted by Crippen LogP contribution is 2.35. The third-order valence-electron chi connectivity index (χ3n) is 5.86. The lowest BCUT2D eigenvalue weighted by Crippen LogP contribution is -2.20. The van der Waals surface area contributed by atoms with E-state index in [1.54, 1.807) is 11.9 Å². The number of nitrogens with zero attached hydrogens (tertiary/aromatic N) is 3. The summed E-state index contributed by atoms with van der Waals surface area (Å²) in [5.74, 6) is 0.528. The quantitative estimate of drug-likeness (QED) is 0.576. The molecule has 1 aliphatic carbocycles. The van der Waals surface area contributed by atoms with Crippen molar-refractivity contribution in [1.82, 2.24) is 9.55 Å². The van der Waals surface area contributed by atoms with E-state index in [4.69, 9.17) is 4.98 Å². The van der Waals surface area contributed by atoms with Crippen molar-refractivity contribution in [3.8, 4) is 0 Å². The van der Waals surface area contributed by atoms with Gasteiger partial charge < -0.3 is 9.47 Å². The molecular weight excluding hydrogens is 358 g/mol. The van der Waals surface area contributed by atoms with Crippen LogP contribution < -0.4 is 4.90 Å². The molecule has 1 aliphatic heterocycles. The Morgan fingerprint density at radius 1 is 1.26 bits per heavy atom. The molecule has 27 heavy (non-hydrogen) atoms. The lowest BCUT2D eigenvalue weighted by molar-refractivity contribution is -0.117. The second-order valence-electron chi connectivity index (χ2n) is 7.56. The van der Waals surface area contributed by atoms with Crippen molar-refractivity contribution < 1.29 is 9.59 Å². The zero-order chi connectivity index (χ0) is 19.1. The largest absolute Gasteiger partial charge is 0.320 e. The van der Waals surface area contributed by atoms with Crippen molar-refractivity contribution in [2.45, 2.75) is 57.1 Å². The van der Waals surface area contributed by atoms with Crippen LogP contribution in [-0.4, -0.2) is 34.0 Å². The number of amides is 1. The number of thioether (sulfide) groups is 1. The van der Waals surface area contributed by atoms with Crippen LogP contribution in [0.25, 0.3) is 0 Å². The SMILES string of the molecule is Cc1nc(SCC(=O)c2ccc3c(c2)CC(=O)N3C)n(C2CCCC2)c1C. The van der Waals surface area contributed by atoms with Gasteiger partial charge in [0.05, 0.1) is 17.9 Å². The molecule has 1 aromatic heterocycles. The Morgan fingerprint density at radius 2 is 2.00 bits per heavy atom. The summed E-state index contributed by atoms with van der Waals surface area (Å²) in [5, 5.41) is 0.960. The zero-order valence-electron chi connectivity index (χ0n) is 16.1. The van der Waals surface area contributed by atoms with Crippen LogP contribution in [-0.2, 0) is 11.2 Å². The normalized spacial score (nSPS) is 17.0. The van der Waals surface area contributed by atoms with Crippen LogP contribution in [0.5, 0.6) is 0 Å². The van der Waals surface area contributed by atoms with E-state index in [0.29, 0.717) is 23.8 Å². The fourth-order valence-corrected chi connectivity index (χ4v) is 5.20. The first-order valence-corrected chi connectivity index (χ1v) is 10.5. The summed E-state index contributed by atoms with van der Waals surface area (Å²) in [6, 6.07) is 6.10. The number of hydrogen-bond acceptors (Lipinski definition) is 4. The van der Waals surface area contributed by atoms with Gasteiger partial charge in [0.1, 0.15) is 0 Å². The molecule has 0 saturated heterocycles. The second-order valence-corrected chi connectivity index (χ2v) is 8.50. The maximum Gasteiger partial charge on any atom is 0.231 e.